The first kappa shape index (κ1) is 13.3. The summed E-state index contributed by atoms with van der Waals surface area (Å²) in [5.74, 6) is 1.18. The van der Waals surface area contributed by atoms with E-state index in [9.17, 15) is 4.39 Å². The first-order chi connectivity index (χ1) is 9.63. The second-order valence-corrected chi connectivity index (χ2v) is 5.58. The van der Waals surface area contributed by atoms with Crippen LogP contribution in [0.1, 0.15) is 34.9 Å². The molecule has 1 saturated heterocycles. The van der Waals surface area contributed by atoms with E-state index in [1.54, 1.807) is 12.1 Å². The maximum Gasteiger partial charge on any atom is 0.138 e. The molecule has 0 unspecified atom stereocenters. The largest absolute Gasteiger partial charge is 0.361 e. The third-order valence-corrected chi connectivity index (χ3v) is 4.16. The summed E-state index contributed by atoms with van der Waals surface area (Å²) in [5.41, 5.74) is 3.26. The van der Waals surface area contributed by atoms with Crippen LogP contribution in [0.2, 0.25) is 0 Å². The van der Waals surface area contributed by atoms with Crippen LogP contribution in [0.15, 0.2) is 28.8 Å². The molecule has 1 aliphatic rings. The number of hydrogen-bond donors (Lipinski definition) is 0. The van der Waals surface area contributed by atoms with Crippen LogP contribution in [0.4, 0.5) is 4.39 Å². The zero-order chi connectivity index (χ0) is 14.1. The topological polar surface area (TPSA) is 29.3 Å². The van der Waals surface area contributed by atoms with Crippen LogP contribution in [0.5, 0.6) is 0 Å². The molecule has 1 aliphatic heterocycles. The molecule has 20 heavy (non-hydrogen) atoms. The van der Waals surface area contributed by atoms with Crippen molar-refractivity contribution >= 4 is 0 Å². The molecule has 1 atom stereocenters. The number of nitrogens with zero attached hydrogens (tertiary/aromatic N) is 2. The Balaban J connectivity index is 1.68. The molecule has 0 N–H and O–H groups in total. The molecule has 2 heterocycles. The summed E-state index contributed by atoms with van der Waals surface area (Å²) < 4.78 is 18.5. The second-order valence-electron chi connectivity index (χ2n) is 5.58. The lowest BCUT2D eigenvalue weighted by Gasteiger charge is -2.16. The number of benzene rings is 1. The summed E-state index contributed by atoms with van der Waals surface area (Å²) in [6.07, 6.45) is 1.08. The van der Waals surface area contributed by atoms with E-state index in [1.165, 1.54) is 11.6 Å². The molecule has 0 spiro atoms. The molecule has 4 heteroatoms. The molecule has 3 rings (SSSR count). The van der Waals surface area contributed by atoms with Crippen molar-refractivity contribution in [3.8, 4) is 0 Å². The highest BCUT2D eigenvalue weighted by Gasteiger charge is 2.25. The summed E-state index contributed by atoms with van der Waals surface area (Å²) in [6.45, 7) is 6.80. The van der Waals surface area contributed by atoms with Gasteiger partial charge in [0.05, 0.1) is 5.69 Å². The number of halogens is 1. The van der Waals surface area contributed by atoms with E-state index in [0.717, 1.165) is 43.1 Å². The van der Waals surface area contributed by atoms with Gasteiger partial charge < -0.3 is 4.52 Å². The number of hydrogen-bond acceptors (Lipinski definition) is 3. The Kier molecular flexibility index (Phi) is 3.57. The van der Waals surface area contributed by atoms with Crippen molar-refractivity contribution in [2.45, 2.75) is 32.7 Å². The fourth-order valence-corrected chi connectivity index (χ4v) is 2.96. The average molecular weight is 274 g/mol. The van der Waals surface area contributed by atoms with Gasteiger partial charge in [0.1, 0.15) is 11.6 Å². The lowest BCUT2D eigenvalue weighted by atomic mass is 9.98. The highest BCUT2D eigenvalue weighted by atomic mass is 19.1. The Morgan fingerprint density at radius 2 is 2.25 bits per heavy atom. The van der Waals surface area contributed by atoms with Crippen molar-refractivity contribution in [1.29, 1.82) is 0 Å². The van der Waals surface area contributed by atoms with E-state index in [4.69, 9.17) is 4.52 Å². The van der Waals surface area contributed by atoms with Gasteiger partial charge in [-0.2, -0.15) is 0 Å². The summed E-state index contributed by atoms with van der Waals surface area (Å²) >= 11 is 0. The van der Waals surface area contributed by atoms with Crippen molar-refractivity contribution in [1.82, 2.24) is 10.1 Å². The Bertz CT molecular complexity index is 589. The molecule has 1 aromatic carbocycles. The van der Waals surface area contributed by atoms with Gasteiger partial charge in [-0.25, -0.2) is 4.39 Å². The van der Waals surface area contributed by atoms with Crippen molar-refractivity contribution in [2.24, 2.45) is 0 Å². The number of likely N-dealkylation sites (tertiary alicyclic amines) is 1. The number of rotatable bonds is 3. The third kappa shape index (κ3) is 2.61. The van der Waals surface area contributed by atoms with Gasteiger partial charge in [0.2, 0.25) is 0 Å². The van der Waals surface area contributed by atoms with Gasteiger partial charge in [-0.05, 0) is 50.4 Å². The maximum absolute atomic E-state index is 13.3. The predicted molar refractivity (Wildman–Crippen MR) is 75.0 cm³/mol. The first-order valence-electron chi connectivity index (χ1n) is 7.03. The molecular weight excluding hydrogens is 255 g/mol. The van der Waals surface area contributed by atoms with Crippen molar-refractivity contribution in [3.63, 3.8) is 0 Å². The Hall–Kier alpha value is -1.68. The lowest BCUT2D eigenvalue weighted by molar-refractivity contribution is 0.322. The molecule has 1 aromatic heterocycles. The average Bonchev–Trinajstić information content (AvgIpc) is 3.01. The van der Waals surface area contributed by atoms with E-state index in [0.29, 0.717) is 5.92 Å². The zero-order valence-electron chi connectivity index (χ0n) is 11.9. The summed E-state index contributed by atoms with van der Waals surface area (Å²) in [4.78, 5) is 2.39. The van der Waals surface area contributed by atoms with Crippen LogP contribution in [-0.2, 0) is 6.54 Å². The lowest BCUT2D eigenvalue weighted by Crippen LogP contribution is -2.20. The minimum Gasteiger partial charge on any atom is -0.361 e. The van der Waals surface area contributed by atoms with E-state index >= 15 is 0 Å². The molecule has 0 amide bonds. The smallest absolute Gasteiger partial charge is 0.138 e. The van der Waals surface area contributed by atoms with E-state index in [1.807, 2.05) is 19.9 Å². The van der Waals surface area contributed by atoms with Gasteiger partial charge in [-0.3, -0.25) is 4.90 Å². The van der Waals surface area contributed by atoms with Gasteiger partial charge in [0, 0.05) is 18.7 Å². The van der Waals surface area contributed by atoms with Crippen LogP contribution in [0.3, 0.4) is 0 Å². The zero-order valence-corrected chi connectivity index (χ0v) is 11.9. The van der Waals surface area contributed by atoms with E-state index < -0.39 is 0 Å². The monoisotopic (exact) mass is 274 g/mol. The minimum atomic E-state index is -0.147. The molecular formula is C16H19FN2O. The first-order valence-corrected chi connectivity index (χ1v) is 7.03. The van der Waals surface area contributed by atoms with E-state index in [-0.39, 0.29) is 5.82 Å². The van der Waals surface area contributed by atoms with Crippen LogP contribution in [0.25, 0.3) is 0 Å². The fourth-order valence-electron chi connectivity index (χ4n) is 2.96. The molecule has 2 aromatic rings. The van der Waals surface area contributed by atoms with Crippen LogP contribution < -0.4 is 0 Å². The Labute approximate surface area is 118 Å². The second kappa shape index (κ2) is 5.37. The highest BCUT2D eigenvalue weighted by molar-refractivity contribution is 5.24. The van der Waals surface area contributed by atoms with Gasteiger partial charge in [0.25, 0.3) is 0 Å². The van der Waals surface area contributed by atoms with Crippen LogP contribution >= 0.6 is 0 Å². The summed E-state index contributed by atoms with van der Waals surface area (Å²) in [7, 11) is 0. The van der Waals surface area contributed by atoms with Crippen molar-refractivity contribution in [3.05, 3.63) is 52.7 Å². The third-order valence-electron chi connectivity index (χ3n) is 4.16. The van der Waals surface area contributed by atoms with Crippen LogP contribution in [-0.4, -0.2) is 23.1 Å². The van der Waals surface area contributed by atoms with Crippen LogP contribution in [0, 0.1) is 19.7 Å². The molecule has 1 fully saturated rings. The van der Waals surface area contributed by atoms with E-state index in [2.05, 4.69) is 10.1 Å². The quantitative estimate of drug-likeness (QED) is 0.859. The van der Waals surface area contributed by atoms with Gasteiger partial charge in [-0.15, -0.1) is 0 Å². The summed E-state index contributed by atoms with van der Waals surface area (Å²) in [6, 6.07) is 6.97. The molecule has 3 nitrogen and oxygen atoms in total. The molecule has 106 valence electrons. The highest BCUT2D eigenvalue weighted by Crippen LogP contribution is 2.29. The normalized spacial score (nSPS) is 19.6. The SMILES string of the molecule is Cc1noc(C)c1CN1CC[C@@H](c2cccc(F)c2)C1. The summed E-state index contributed by atoms with van der Waals surface area (Å²) in [5, 5.41) is 4.00. The van der Waals surface area contributed by atoms with Gasteiger partial charge >= 0.3 is 0 Å². The van der Waals surface area contributed by atoms with Crippen molar-refractivity contribution < 1.29 is 8.91 Å². The fraction of sp³-hybridized carbons (Fsp3) is 0.438. The predicted octanol–water partition coefficient (Wildman–Crippen LogP) is 3.42. The molecule has 0 bridgehead atoms. The standard InChI is InChI=1S/C16H19FN2O/c1-11-16(12(2)20-18-11)10-19-7-6-14(9-19)13-4-3-5-15(17)8-13/h3-5,8,14H,6-7,9-10H2,1-2H3/t14-/m1/s1. The van der Waals surface area contributed by atoms with Gasteiger partial charge in [0.15, 0.2) is 0 Å². The maximum atomic E-state index is 13.3. The molecule has 0 aliphatic carbocycles. The Morgan fingerprint density at radius 1 is 1.40 bits per heavy atom. The number of aromatic nitrogens is 1. The van der Waals surface area contributed by atoms with Gasteiger partial charge in [-0.1, -0.05) is 17.3 Å². The van der Waals surface area contributed by atoms with Crippen molar-refractivity contribution in [2.75, 3.05) is 13.1 Å². The minimum absolute atomic E-state index is 0.147. The molecule has 0 saturated carbocycles. The Morgan fingerprint density at radius 3 is 2.95 bits per heavy atom. The number of aryl methyl sites for hydroxylation is 2. The molecule has 0 radical (unpaired) electrons.